The first kappa shape index (κ1) is 20.7. The summed E-state index contributed by atoms with van der Waals surface area (Å²) in [4.78, 5) is 24.7. The van der Waals surface area contributed by atoms with Gasteiger partial charge < -0.3 is 21.1 Å². The summed E-state index contributed by atoms with van der Waals surface area (Å²) in [6.07, 6.45) is -0.0313. The molecule has 0 radical (unpaired) electrons. The zero-order valence-electron chi connectivity index (χ0n) is 15.3. The molecule has 2 amide bonds. The Labute approximate surface area is 164 Å². The van der Waals surface area contributed by atoms with Crippen molar-refractivity contribution >= 4 is 29.9 Å². The highest BCUT2D eigenvalue weighted by molar-refractivity contribution is 5.98. The fourth-order valence-corrected chi connectivity index (χ4v) is 2.70. The summed E-state index contributed by atoms with van der Waals surface area (Å²) < 4.78 is 5.69. The third-order valence-electron chi connectivity index (χ3n) is 4.04. The molecule has 0 fully saturated rings. The molecule has 0 spiro atoms. The van der Waals surface area contributed by atoms with E-state index in [1.54, 1.807) is 24.3 Å². The summed E-state index contributed by atoms with van der Waals surface area (Å²) >= 11 is 0. The van der Waals surface area contributed by atoms with E-state index in [1.165, 1.54) is 0 Å². The first-order valence-electron chi connectivity index (χ1n) is 8.54. The monoisotopic (exact) mass is 389 g/mol. The van der Waals surface area contributed by atoms with Crippen molar-refractivity contribution in [2.24, 2.45) is 5.73 Å². The lowest BCUT2D eigenvalue weighted by atomic mass is 10.1. The SMILES string of the molecule is CC(C)(N)CNC(=O)c1cccc(NC(=O)C2Cc3ccccc3O2)c1.Cl. The van der Waals surface area contributed by atoms with Crippen LogP contribution in [-0.2, 0) is 11.2 Å². The molecule has 2 aromatic rings. The Balaban J connectivity index is 0.00000261. The van der Waals surface area contributed by atoms with Gasteiger partial charge in [-0.25, -0.2) is 0 Å². The van der Waals surface area contributed by atoms with Crippen molar-refractivity contribution in [3.63, 3.8) is 0 Å². The average Bonchev–Trinajstić information content (AvgIpc) is 3.03. The van der Waals surface area contributed by atoms with E-state index in [4.69, 9.17) is 10.5 Å². The Morgan fingerprint density at radius 1 is 1.19 bits per heavy atom. The second-order valence-electron chi connectivity index (χ2n) is 7.16. The van der Waals surface area contributed by atoms with Crippen molar-refractivity contribution in [3.8, 4) is 5.75 Å². The molecule has 0 aromatic heterocycles. The summed E-state index contributed by atoms with van der Waals surface area (Å²) in [5.41, 5.74) is 7.42. The van der Waals surface area contributed by atoms with Gasteiger partial charge in [-0.3, -0.25) is 9.59 Å². The molecule has 1 unspecified atom stereocenters. The van der Waals surface area contributed by atoms with E-state index in [1.807, 2.05) is 38.1 Å². The zero-order chi connectivity index (χ0) is 18.7. The summed E-state index contributed by atoms with van der Waals surface area (Å²) in [5.74, 6) is 0.274. The van der Waals surface area contributed by atoms with Crippen molar-refractivity contribution in [2.75, 3.05) is 11.9 Å². The third kappa shape index (κ3) is 5.45. The molecule has 3 rings (SSSR count). The fourth-order valence-electron chi connectivity index (χ4n) is 2.70. The predicted molar refractivity (Wildman–Crippen MR) is 107 cm³/mol. The topological polar surface area (TPSA) is 93.5 Å². The van der Waals surface area contributed by atoms with Crippen LogP contribution < -0.4 is 21.1 Å². The predicted octanol–water partition coefficient (Wildman–Crippen LogP) is 2.52. The molecule has 1 atom stereocenters. The van der Waals surface area contributed by atoms with Crippen LogP contribution in [-0.4, -0.2) is 30.0 Å². The van der Waals surface area contributed by atoms with Crippen LogP contribution in [0.15, 0.2) is 48.5 Å². The number of rotatable bonds is 5. The number of benzene rings is 2. The highest BCUT2D eigenvalue weighted by atomic mass is 35.5. The number of nitrogens with one attached hydrogen (secondary N) is 2. The maximum atomic E-state index is 12.5. The highest BCUT2D eigenvalue weighted by Crippen LogP contribution is 2.28. The summed E-state index contributed by atoms with van der Waals surface area (Å²) in [6.45, 7) is 4.03. The molecule has 1 aliphatic rings. The quantitative estimate of drug-likeness (QED) is 0.732. The van der Waals surface area contributed by atoms with Crippen LogP contribution in [0.3, 0.4) is 0 Å². The van der Waals surface area contributed by atoms with Crippen LogP contribution >= 0.6 is 12.4 Å². The maximum Gasteiger partial charge on any atom is 0.265 e. The molecule has 27 heavy (non-hydrogen) atoms. The van der Waals surface area contributed by atoms with Gasteiger partial charge in [0.2, 0.25) is 0 Å². The number of anilines is 1. The molecule has 4 N–H and O–H groups in total. The minimum Gasteiger partial charge on any atom is -0.480 e. The van der Waals surface area contributed by atoms with Crippen LogP contribution in [0, 0.1) is 0 Å². The second kappa shape index (κ2) is 8.41. The molecule has 0 bridgehead atoms. The van der Waals surface area contributed by atoms with E-state index in [0.717, 1.165) is 11.3 Å². The van der Waals surface area contributed by atoms with Gasteiger partial charge in [-0.05, 0) is 43.7 Å². The number of fused-ring (bicyclic) bond motifs is 1. The van der Waals surface area contributed by atoms with Gasteiger partial charge in [0.05, 0.1) is 0 Å². The summed E-state index contributed by atoms with van der Waals surface area (Å²) in [7, 11) is 0. The minimum atomic E-state index is -0.567. The lowest BCUT2D eigenvalue weighted by molar-refractivity contribution is -0.122. The molecule has 0 aliphatic carbocycles. The van der Waals surface area contributed by atoms with Gasteiger partial charge in [0.25, 0.3) is 11.8 Å². The lowest BCUT2D eigenvalue weighted by Crippen LogP contribution is -2.45. The average molecular weight is 390 g/mol. The Morgan fingerprint density at radius 3 is 2.63 bits per heavy atom. The van der Waals surface area contributed by atoms with Gasteiger partial charge in [0.15, 0.2) is 6.10 Å². The second-order valence-corrected chi connectivity index (χ2v) is 7.16. The van der Waals surface area contributed by atoms with E-state index in [0.29, 0.717) is 24.2 Å². The third-order valence-corrected chi connectivity index (χ3v) is 4.04. The van der Waals surface area contributed by atoms with Crippen molar-refractivity contribution in [1.29, 1.82) is 0 Å². The highest BCUT2D eigenvalue weighted by Gasteiger charge is 2.28. The van der Waals surface area contributed by atoms with Crippen molar-refractivity contribution in [3.05, 3.63) is 59.7 Å². The van der Waals surface area contributed by atoms with Crippen LogP contribution in [0.5, 0.6) is 5.75 Å². The minimum absolute atomic E-state index is 0. The van der Waals surface area contributed by atoms with Crippen molar-refractivity contribution < 1.29 is 14.3 Å². The van der Waals surface area contributed by atoms with E-state index in [9.17, 15) is 9.59 Å². The molecular weight excluding hydrogens is 366 g/mol. The number of hydrogen-bond donors (Lipinski definition) is 3. The van der Waals surface area contributed by atoms with Gasteiger partial charge in [-0.15, -0.1) is 12.4 Å². The summed E-state index contributed by atoms with van der Waals surface area (Å²) in [6, 6.07) is 14.4. The normalized spacial score (nSPS) is 15.1. The number of amides is 2. The number of para-hydroxylation sites is 1. The first-order valence-corrected chi connectivity index (χ1v) is 8.54. The molecule has 6 nitrogen and oxygen atoms in total. The molecular formula is C20H24ClN3O3. The molecule has 2 aromatic carbocycles. The Bertz CT molecular complexity index is 808. The number of nitrogens with two attached hydrogens (primary N) is 1. The van der Waals surface area contributed by atoms with Gasteiger partial charge >= 0.3 is 0 Å². The Morgan fingerprint density at radius 2 is 1.93 bits per heavy atom. The lowest BCUT2D eigenvalue weighted by Gasteiger charge is -2.19. The van der Waals surface area contributed by atoms with Crippen LogP contribution in [0.25, 0.3) is 0 Å². The maximum absolute atomic E-state index is 12.5. The van der Waals surface area contributed by atoms with Gasteiger partial charge in [-0.2, -0.15) is 0 Å². The molecule has 1 aliphatic heterocycles. The largest absolute Gasteiger partial charge is 0.480 e. The van der Waals surface area contributed by atoms with Crippen LogP contribution in [0.4, 0.5) is 5.69 Å². The smallest absolute Gasteiger partial charge is 0.265 e. The molecule has 144 valence electrons. The van der Waals surface area contributed by atoms with Gasteiger partial charge in [-0.1, -0.05) is 24.3 Å². The van der Waals surface area contributed by atoms with Crippen LogP contribution in [0.2, 0.25) is 0 Å². The summed E-state index contributed by atoms with van der Waals surface area (Å²) in [5, 5.41) is 5.60. The fraction of sp³-hybridized carbons (Fsp3) is 0.300. The Kier molecular flexibility index (Phi) is 6.46. The first-order chi connectivity index (χ1) is 12.3. The number of carbonyl (C=O) groups is 2. The van der Waals surface area contributed by atoms with Crippen LogP contribution in [0.1, 0.15) is 29.8 Å². The molecule has 1 heterocycles. The number of halogens is 1. The number of carbonyl (C=O) groups excluding carboxylic acids is 2. The standard InChI is InChI=1S/C20H23N3O3.ClH/c1-20(2,21)12-22-18(24)14-7-5-8-15(10-14)23-19(25)17-11-13-6-3-4-9-16(13)26-17;/h3-10,17H,11-12,21H2,1-2H3,(H,22,24)(H,23,25);1H. The number of hydrogen-bond acceptors (Lipinski definition) is 4. The van der Waals surface area contributed by atoms with E-state index >= 15 is 0 Å². The van der Waals surface area contributed by atoms with Gasteiger partial charge in [0.1, 0.15) is 5.75 Å². The zero-order valence-corrected chi connectivity index (χ0v) is 16.1. The molecule has 0 saturated heterocycles. The van der Waals surface area contributed by atoms with E-state index in [-0.39, 0.29) is 24.2 Å². The molecule has 0 saturated carbocycles. The van der Waals surface area contributed by atoms with Gasteiger partial charge in [0, 0.05) is 29.8 Å². The van der Waals surface area contributed by atoms with E-state index in [2.05, 4.69) is 10.6 Å². The van der Waals surface area contributed by atoms with Crippen molar-refractivity contribution in [2.45, 2.75) is 31.9 Å². The van der Waals surface area contributed by atoms with Crippen molar-refractivity contribution in [1.82, 2.24) is 5.32 Å². The molecule has 7 heteroatoms. The number of ether oxygens (including phenoxy) is 1. The van der Waals surface area contributed by atoms with E-state index < -0.39 is 11.6 Å². The Hall–Kier alpha value is -2.57.